The zero-order valence-corrected chi connectivity index (χ0v) is 18.3. The molecule has 1 aromatic carbocycles. The number of hydrogen-bond donors (Lipinski definition) is 1. The number of carbonyl (C=O) groups is 2. The molecular formula is C24H28FN5O2. The van der Waals surface area contributed by atoms with Crippen molar-refractivity contribution in [2.45, 2.75) is 25.8 Å². The van der Waals surface area contributed by atoms with E-state index in [4.69, 9.17) is 4.99 Å². The Balaban J connectivity index is 1.33. The van der Waals surface area contributed by atoms with Gasteiger partial charge in [-0.05, 0) is 69.3 Å². The van der Waals surface area contributed by atoms with Crippen LogP contribution in [-0.4, -0.2) is 77.6 Å². The Morgan fingerprint density at radius 2 is 1.50 bits per heavy atom. The maximum Gasteiger partial charge on any atom is 0.255 e. The normalized spacial score (nSPS) is 18.0. The van der Waals surface area contributed by atoms with Gasteiger partial charge in [-0.15, -0.1) is 0 Å². The van der Waals surface area contributed by atoms with E-state index in [9.17, 15) is 14.0 Å². The summed E-state index contributed by atoms with van der Waals surface area (Å²) in [6, 6.07) is 9.50. The zero-order chi connectivity index (χ0) is 22.5. The van der Waals surface area contributed by atoms with Gasteiger partial charge >= 0.3 is 0 Å². The molecule has 168 valence electrons. The number of rotatable bonds is 4. The standard InChI is InChI=1S/C24H28FN5O2/c1-17(28-21-8-10-26-11-9-21)22-7-4-19(16-27-22)24(32)30-14-12-29(13-15-30)23(31)18-2-5-20(25)6-3-18/h2-7,16,21,26H,8-15H2,1H3. The van der Waals surface area contributed by atoms with E-state index in [-0.39, 0.29) is 17.6 Å². The molecule has 1 aromatic heterocycles. The number of aromatic nitrogens is 1. The molecule has 8 heteroatoms. The van der Waals surface area contributed by atoms with Crippen molar-refractivity contribution >= 4 is 17.5 Å². The molecule has 2 aliphatic heterocycles. The van der Waals surface area contributed by atoms with E-state index in [1.807, 2.05) is 13.0 Å². The molecule has 0 atom stereocenters. The number of nitrogens with one attached hydrogen (secondary N) is 1. The predicted octanol–water partition coefficient (Wildman–Crippen LogP) is 2.38. The first-order chi connectivity index (χ1) is 15.5. The van der Waals surface area contributed by atoms with Crippen molar-refractivity contribution in [2.24, 2.45) is 4.99 Å². The number of amides is 2. The summed E-state index contributed by atoms with van der Waals surface area (Å²) in [6.45, 7) is 5.72. The topological polar surface area (TPSA) is 77.9 Å². The van der Waals surface area contributed by atoms with Gasteiger partial charge in [-0.3, -0.25) is 19.6 Å². The average Bonchev–Trinajstić information content (AvgIpc) is 2.84. The number of piperidine rings is 1. The third kappa shape index (κ3) is 5.19. The number of pyridine rings is 1. The SMILES string of the molecule is CC(=NC1CCNCC1)c1ccc(C(=O)N2CCN(C(=O)c3ccc(F)cc3)CC2)cn1. The zero-order valence-electron chi connectivity index (χ0n) is 18.3. The van der Waals surface area contributed by atoms with Crippen LogP contribution in [0.1, 0.15) is 46.2 Å². The molecule has 1 N–H and O–H groups in total. The fraction of sp³-hybridized carbons (Fsp3) is 0.417. The van der Waals surface area contributed by atoms with Gasteiger partial charge in [0.25, 0.3) is 11.8 Å². The van der Waals surface area contributed by atoms with Crippen LogP contribution in [0, 0.1) is 5.82 Å². The van der Waals surface area contributed by atoms with Gasteiger partial charge in [0.2, 0.25) is 0 Å². The predicted molar refractivity (Wildman–Crippen MR) is 121 cm³/mol. The number of aliphatic imine (C=N–C) groups is 1. The minimum absolute atomic E-state index is 0.0918. The summed E-state index contributed by atoms with van der Waals surface area (Å²) in [5.41, 5.74) is 2.66. The minimum atomic E-state index is -0.371. The number of benzene rings is 1. The van der Waals surface area contributed by atoms with Gasteiger partial charge in [-0.1, -0.05) is 0 Å². The summed E-state index contributed by atoms with van der Waals surface area (Å²) >= 11 is 0. The van der Waals surface area contributed by atoms with Crippen LogP contribution in [0.15, 0.2) is 47.6 Å². The maximum absolute atomic E-state index is 13.1. The van der Waals surface area contributed by atoms with Gasteiger partial charge < -0.3 is 15.1 Å². The fourth-order valence-electron chi connectivity index (χ4n) is 4.08. The lowest BCUT2D eigenvalue weighted by Crippen LogP contribution is -2.50. The van der Waals surface area contributed by atoms with Crippen molar-refractivity contribution in [2.75, 3.05) is 39.3 Å². The summed E-state index contributed by atoms with van der Waals surface area (Å²) in [5.74, 6) is -0.609. The molecule has 0 bridgehead atoms. The summed E-state index contributed by atoms with van der Waals surface area (Å²) in [6.07, 6.45) is 3.67. The first-order valence-electron chi connectivity index (χ1n) is 11.1. The molecule has 0 unspecified atom stereocenters. The first-order valence-corrected chi connectivity index (χ1v) is 11.1. The van der Waals surface area contributed by atoms with Crippen LogP contribution in [0.25, 0.3) is 0 Å². The van der Waals surface area contributed by atoms with E-state index >= 15 is 0 Å². The highest BCUT2D eigenvalue weighted by atomic mass is 19.1. The van der Waals surface area contributed by atoms with Crippen molar-refractivity contribution in [3.63, 3.8) is 0 Å². The van der Waals surface area contributed by atoms with Crippen LogP contribution in [0.5, 0.6) is 0 Å². The molecule has 2 fully saturated rings. The van der Waals surface area contributed by atoms with E-state index in [0.717, 1.165) is 37.3 Å². The van der Waals surface area contributed by atoms with Crippen molar-refractivity contribution in [1.29, 1.82) is 0 Å². The summed E-state index contributed by atoms with van der Waals surface area (Å²) in [7, 11) is 0. The van der Waals surface area contributed by atoms with Gasteiger partial charge in [0.15, 0.2) is 0 Å². The van der Waals surface area contributed by atoms with E-state index < -0.39 is 0 Å². The molecule has 7 nitrogen and oxygen atoms in total. The molecule has 2 saturated heterocycles. The van der Waals surface area contributed by atoms with Gasteiger partial charge in [-0.2, -0.15) is 0 Å². The Labute approximate surface area is 187 Å². The highest BCUT2D eigenvalue weighted by Gasteiger charge is 2.25. The van der Waals surface area contributed by atoms with Crippen molar-refractivity contribution < 1.29 is 14.0 Å². The Morgan fingerprint density at radius 1 is 0.938 bits per heavy atom. The number of carbonyl (C=O) groups excluding carboxylic acids is 2. The second kappa shape index (κ2) is 9.99. The highest BCUT2D eigenvalue weighted by Crippen LogP contribution is 2.14. The van der Waals surface area contributed by atoms with Crippen LogP contribution in [-0.2, 0) is 0 Å². The third-order valence-corrected chi connectivity index (χ3v) is 6.01. The average molecular weight is 438 g/mol. The largest absolute Gasteiger partial charge is 0.335 e. The maximum atomic E-state index is 13.1. The minimum Gasteiger partial charge on any atom is -0.335 e. The first kappa shape index (κ1) is 22.1. The molecular weight excluding hydrogens is 409 g/mol. The smallest absolute Gasteiger partial charge is 0.255 e. The molecule has 0 saturated carbocycles. The van der Waals surface area contributed by atoms with E-state index in [1.165, 1.54) is 24.3 Å². The van der Waals surface area contributed by atoms with Gasteiger partial charge in [-0.25, -0.2) is 4.39 Å². The lowest BCUT2D eigenvalue weighted by Gasteiger charge is -2.34. The molecule has 32 heavy (non-hydrogen) atoms. The van der Waals surface area contributed by atoms with Crippen LogP contribution in [0.4, 0.5) is 4.39 Å². The molecule has 4 rings (SSSR count). The molecule has 2 amide bonds. The molecule has 0 spiro atoms. The second-order valence-corrected chi connectivity index (χ2v) is 8.22. The summed E-state index contributed by atoms with van der Waals surface area (Å²) < 4.78 is 13.1. The van der Waals surface area contributed by atoms with Crippen LogP contribution in [0.3, 0.4) is 0 Å². The lowest BCUT2D eigenvalue weighted by molar-refractivity contribution is 0.0535. The monoisotopic (exact) mass is 437 g/mol. The Bertz CT molecular complexity index is 976. The summed E-state index contributed by atoms with van der Waals surface area (Å²) in [5, 5.41) is 3.34. The highest BCUT2D eigenvalue weighted by molar-refractivity contribution is 5.99. The molecule has 2 aliphatic rings. The van der Waals surface area contributed by atoms with Crippen LogP contribution < -0.4 is 5.32 Å². The number of halogens is 1. The van der Waals surface area contributed by atoms with Crippen LogP contribution >= 0.6 is 0 Å². The molecule has 2 aromatic rings. The quantitative estimate of drug-likeness (QED) is 0.745. The van der Waals surface area contributed by atoms with Crippen molar-refractivity contribution in [3.05, 3.63) is 65.2 Å². The number of piperazine rings is 1. The fourth-order valence-corrected chi connectivity index (χ4v) is 4.08. The van der Waals surface area contributed by atoms with Crippen molar-refractivity contribution in [3.8, 4) is 0 Å². The molecule has 0 radical (unpaired) electrons. The third-order valence-electron chi connectivity index (χ3n) is 6.01. The summed E-state index contributed by atoms with van der Waals surface area (Å²) in [4.78, 5) is 38.1. The van der Waals surface area contributed by atoms with E-state index in [2.05, 4.69) is 10.3 Å². The van der Waals surface area contributed by atoms with Gasteiger partial charge in [0.1, 0.15) is 5.82 Å². The van der Waals surface area contributed by atoms with Crippen LogP contribution in [0.2, 0.25) is 0 Å². The van der Waals surface area contributed by atoms with Gasteiger partial charge in [0, 0.05) is 37.9 Å². The Morgan fingerprint density at radius 3 is 2.06 bits per heavy atom. The van der Waals surface area contributed by atoms with E-state index in [1.54, 1.807) is 22.1 Å². The van der Waals surface area contributed by atoms with Crippen molar-refractivity contribution in [1.82, 2.24) is 20.1 Å². The molecule has 3 heterocycles. The number of hydrogen-bond acceptors (Lipinski definition) is 5. The van der Waals surface area contributed by atoms with E-state index in [0.29, 0.717) is 43.3 Å². The Kier molecular flexibility index (Phi) is 6.90. The number of nitrogens with zero attached hydrogens (tertiary/aromatic N) is 4. The Hall–Kier alpha value is -3.13. The lowest BCUT2D eigenvalue weighted by atomic mass is 10.1. The second-order valence-electron chi connectivity index (χ2n) is 8.22. The van der Waals surface area contributed by atoms with Gasteiger partial charge in [0.05, 0.1) is 23.0 Å². The molecule has 0 aliphatic carbocycles.